The van der Waals surface area contributed by atoms with Crippen LogP contribution < -0.4 is 5.32 Å². The molecule has 0 aliphatic carbocycles. The van der Waals surface area contributed by atoms with Gasteiger partial charge in [0.05, 0.1) is 12.2 Å². The summed E-state index contributed by atoms with van der Waals surface area (Å²) in [6.07, 6.45) is 1.02. The summed E-state index contributed by atoms with van der Waals surface area (Å²) in [6, 6.07) is 0. The standard InChI is InChI=1S/C13H22N4O3S2/c1-9(2)7-12(18)15-13-14-10-5-6-17(8-11(10)21-13)22(19,20)16(3)4/h9H,5-8H2,1-4H3,(H,14,15,18). The van der Waals surface area contributed by atoms with Crippen molar-refractivity contribution in [1.29, 1.82) is 0 Å². The lowest BCUT2D eigenvalue weighted by molar-refractivity contribution is -0.116. The third kappa shape index (κ3) is 3.83. The number of thiazole rings is 1. The van der Waals surface area contributed by atoms with Crippen molar-refractivity contribution in [1.82, 2.24) is 13.6 Å². The highest BCUT2D eigenvalue weighted by atomic mass is 32.2. The monoisotopic (exact) mass is 346 g/mol. The summed E-state index contributed by atoms with van der Waals surface area (Å²) in [7, 11) is -0.368. The molecular formula is C13H22N4O3S2. The molecule has 1 N–H and O–H groups in total. The smallest absolute Gasteiger partial charge is 0.281 e. The van der Waals surface area contributed by atoms with Crippen molar-refractivity contribution >= 4 is 32.6 Å². The highest BCUT2D eigenvalue weighted by Crippen LogP contribution is 2.30. The quantitative estimate of drug-likeness (QED) is 0.871. The average molecular weight is 346 g/mol. The first-order valence-corrected chi connectivity index (χ1v) is 9.37. The van der Waals surface area contributed by atoms with E-state index in [0.717, 1.165) is 10.6 Å². The van der Waals surface area contributed by atoms with Crippen molar-refractivity contribution < 1.29 is 13.2 Å². The second kappa shape index (κ2) is 6.61. The predicted octanol–water partition coefficient (Wildman–Crippen LogP) is 1.29. The molecule has 0 spiro atoms. The molecular weight excluding hydrogens is 324 g/mol. The zero-order chi connectivity index (χ0) is 16.5. The van der Waals surface area contributed by atoms with Crippen LogP contribution in [0, 0.1) is 5.92 Å². The first kappa shape index (κ1) is 17.3. The molecule has 0 bridgehead atoms. The van der Waals surface area contributed by atoms with Gasteiger partial charge in [0.1, 0.15) is 0 Å². The van der Waals surface area contributed by atoms with Crippen molar-refractivity contribution in [3.05, 3.63) is 10.6 Å². The van der Waals surface area contributed by atoms with Crippen LogP contribution in [0.25, 0.3) is 0 Å². The van der Waals surface area contributed by atoms with Gasteiger partial charge < -0.3 is 5.32 Å². The third-order valence-corrected chi connectivity index (χ3v) is 6.21. The van der Waals surface area contributed by atoms with E-state index in [1.807, 2.05) is 13.8 Å². The summed E-state index contributed by atoms with van der Waals surface area (Å²) in [4.78, 5) is 17.1. The van der Waals surface area contributed by atoms with Gasteiger partial charge in [0, 0.05) is 38.4 Å². The summed E-state index contributed by atoms with van der Waals surface area (Å²) in [5.74, 6) is 0.231. The van der Waals surface area contributed by atoms with Crippen LogP contribution in [-0.2, 0) is 28.0 Å². The average Bonchev–Trinajstić information content (AvgIpc) is 2.78. The number of nitrogens with one attached hydrogen (secondary N) is 1. The van der Waals surface area contributed by atoms with E-state index >= 15 is 0 Å². The number of aromatic nitrogens is 1. The van der Waals surface area contributed by atoms with Crippen LogP contribution in [0.3, 0.4) is 0 Å². The first-order chi connectivity index (χ1) is 10.2. The Labute approximate surface area is 135 Å². The van der Waals surface area contributed by atoms with Gasteiger partial charge in [0.25, 0.3) is 10.2 Å². The molecule has 1 aliphatic heterocycles. The van der Waals surface area contributed by atoms with Gasteiger partial charge in [-0.05, 0) is 5.92 Å². The molecule has 1 aromatic rings. The number of hydrogen-bond acceptors (Lipinski definition) is 5. The van der Waals surface area contributed by atoms with Crippen molar-refractivity contribution in [2.24, 2.45) is 5.92 Å². The molecule has 0 saturated carbocycles. The molecule has 1 aliphatic rings. The molecule has 0 aromatic carbocycles. The minimum Gasteiger partial charge on any atom is -0.302 e. The maximum absolute atomic E-state index is 12.2. The predicted molar refractivity (Wildman–Crippen MR) is 86.9 cm³/mol. The van der Waals surface area contributed by atoms with Crippen LogP contribution in [0.15, 0.2) is 0 Å². The second-order valence-electron chi connectivity index (χ2n) is 5.91. The van der Waals surface area contributed by atoms with E-state index in [0.29, 0.717) is 31.1 Å². The third-order valence-electron chi connectivity index (χ3n) is 3.32. The largest absolute Gasteiger partial charge is 0.302 e. The van der Waals surface area contributed by atoms with Gasteiger partial charge in [-0.15, -0.1) is 11.3 Å². The lowest BCUT2D eigenvalue weighted by atomic mass is 10.1. The molecule has 2 heterocycles. The number of anilines is 1. The summed E-state index contributed by atoms with van der Waals surface area (Å²) >= 11 is 1.35. The SMILES string of the molecule is CC(C)CC(=O)Nc1nc2c(s1)CN(S(=O)(=O)N(C)C)CC2. The summed E-state index contributed by atoms with van der Waals surface area (Å²) < 4.78 is 27.0. The Morgan fingerprint density at radius 3 is 2.73 bits per heavy atom. The van der Waals surface area contributed by atoms with Gasteiger partial charge in [-0.25, -0.2) is 4.98 Å². The van der Waals surface area contributed by atoms with Gasteiger partial charge in [-0.2, -0.15) is 17.0 Å². The van der Waals surface area contributed by atoms with E-state index in [4.69, 9.17) is 0 Å². The minimum atomic E-state index is -3.41. The molecule has 0 atom stereocenters. The van der Waals surface area contributed by atoms with Crippen LogP contribution >= 0.6 is 11.3 Å². The second-order valence-corrected chi connectivity index (χ2v) is 9.13. The highest BCUT2D eigenvalue weighted by molar-refractivity contribution is 7.86. The fourth-order valence-corrected chi connectivity index (χ4v) is 4.39. The maximum Gasteiger partial charge on any atom is 0.281 e. The first-order valence-electron chi connectivity index (χ1n) is 7.16. The van der Waals surface area contributed by atoms with E-state index in [9.17, 15) is 13.2 Å². The molecule has 2 rings (SSSR count). The molecule has 1 aromatic heterocycles. The number of carbonyl (C=O) groups is 1. The Kier molecular flexibility index (Phi) is 5.21. The van der Waals surface area contributed by atoms with Crippen molar-refractivity contribution in [3.8, 4) is 0 Å². The van der Waals surface area contributed by atoms with Gasteiger partial charge in [-0.1, -0.05) is 13.8 Å². The number of fused-ring (bicyclic) bond motifs is 1. The summed E-state index contributed by atoms with van der Waals surface area (Å²) in [6.45, 7) is 4.69. The molecule has 124 valence electrons. The van der Waals surface area contributed by atoms with Crippen LogP contribution in [0.1, 0.15) is 30.8 Å². The Morgan fingerprint density at radius 1 is 1.45 bits per heavy atom. The van der Waals surface area contributed by atoms with E-state index in [1.165, 1.54) is 34.0 Å². The lowest BCUT2D eigenvalue weighted by Gasteiger charge is -2.27. The number of carbonyl (C=O) groups excluding carboxylic acids is 1. The zero-order valence-electron chi connectivity index (χ0n) is 13.3. The molecule has 0 fully saturated rings. The molecule has 1 amide bonds. The molecule has 7 nitrogen and oxygen atoms in total. The number of hydrogen-bond donors (Lipinski definition) is 1. The van der Waals surface area contributed by atoms with E-state index in [2.05, 4.69) is 10.3 Å². The van der Waals surface area contributed by atoms with E-state index in [-0.39, 0.29) is 11.8 Å². The molecule has 0 saturated heterocycles. The fourth-order valence-electron chi connectivity index (χ4n) is 2.19. The van der Waals surface area contributed by atoms with E-state index < -0.39 is 10.2 Å². The number of amides is 1. The van der Waals surface area contributed by atoms with Gasteiger partial charge in [0.15, 0.2) is 5.13 Å². The van der Waals surface area contributed by atoms with Gasteiger partial charge in [0.2, 0.25) is 5.91 Å². The summed E-state index contributed by atoms with van der Waals surface area (Å²) in [5.41, 5.74) is 0.884. The highest BCUT2D eigenvalue weighted by Gasteiger charge is 2.30. The van der Waals surface area contributed by atoms with Crippen molar-refractivity contribution in [3.63, 3.8) is 0 Å². The number of rotatable bonds is 5. The van der Waals surface area contributed by atoms with Crippen LogP contribution in [0.4, 0.5) is 5.13 Å². The Balaban J connectivity index is 2.09. The topological polar surface area (TPSA) is 82.6 Å². The Morgan fingerprint density at radius 2 is 2.14 bits per heavy atom. The van der Waals surface area contributed by atoms with Crippen LogP contribution in [0.2, 0.25) is 0 Å². The van der Waals surface area contributed by atoms with Crippen LogP contribution in [0.5, 0.6) is 0 Å². The zero-order valence-corrected chi connectivity index (χ0v) is 14.9. The minimum absolute atomic E-state index is 0.0566. The summed E-state index contributed by atoms with van der Waals surface area (Å²) in [5, 5.41) is 3.35. The Hall–Kier alpha value is -1.03. The normalized spacial score (nSPS) is 16.1. The van der Waals surface area contributed by atoms with Crippen molar-refractivity contribution in [2.75, 3.05) is 26.0 Å². The molecule has 22 heavy (non-hydrogen) atoms. The molecule has 9 heteroatoms. The van der Waals surface area contributed by atoms with Gasteiger partial charge in [-0.3, -0.25) is 4.79 Å². The number of nitrogens with zero attached hydrogens (tertiary/aromatic N) is 3. The van der Waals surface area contributed by atoms with Gasteiger partial charge >= 0.3 is 0 Å². The van der Waals surface area contributed by atoms with E-state index in [1.54, 1.807) is 0 Å². The lowest BCUT2D eigenvalue weighted by Crippen LogP contribution is -2.42. The maximum atomic E-state index is 12.2. The Bertz CT molecular complexity index is 652. The fraction of sp³-hybridized carbons (Fsp3) is 0.692. The molecule has 0 radical (unpaired) electrons. The van der Waals surface area contributed by atoms with Crippen LogP contribution in [-0.4, -0.2) is 48.6 Å². The van der Waals surface area contributed by atoms with Crippen molar-refractivity contribution in [2.45, 2.75) is 33.2 Å². The molecule has 0 unspecified atom stereocenters.